The van der Waals surface area contributed by atoms with Gasteiger partial charge in [-0.3, -0.25) is 4.68 Å². The van der Waals surface area contributed by atoms with Crippen molar-refractivity contribution >= 4 is 11.3 Å². The van der Waals surface area contributed by atoms with Crippen LogP contribution in [0, 0.1) is 6.92 Å². The maximum Gasteiger partial charge on any atom is 0.131 e. The van der Waals surface area contributed by atoms with Gasteiger partial charge in [-0.05, 0) is 37.6 Å². The van der Waals surface area contributed by atoms with Gasteiger partial charge < -0.3 is 10.1 Å². The summed E-state index contributed by atoms with van der Waals surface area (Å²) in [5.74, 6) is 0.869. The monoisotopic (exact) mass is 342 g/mol. The number of hydrogen-bond acceptors (Lipinski definition) is 5. The van der Waals surface area contributed by atoms with Crippen LogP contribution in [-0.2, 0) is 19.7 Å². The van der Waals surface area contributed by atoms with Crippen molar-refractivity contribution in [1.82, 2.24) is 20.1 Å². The molecule has 3 rings (SSSR count). The van der Waals surface area contributed by atoms with Gasteiger partial charge in [-0.25, -0.2) is 4.98 Å². The van der Waals surface area contributed by atoms with Crippen LogP contribution < -0.4 is 10.1 Å². The fourth-order valence-corrected chi connectivity index (χ4v) is 2.98. The number of ether oxygens (including phenoxy) is 1. The molecule has 0 radical (unpaired) electrons. The molecule has 0 spiro atoms. The Bertz CT molecular complexity index is 737. The van der Waals surface area contributed by atoms with Crippen LogP contribution in [0.15, 0.2) is 48.1 Å². The summed E-state index contributed by atoms with van der Waals surface area (Å²) < 4.78 is 7.71. The first-order chi connectivity index (χ1) is 11.7. The van der Waals surface area contributed by atoms with Crippen molar-refractivity contribution in [3.8, 4) is 5.75 Å². The van der Waals surface area contributed by atoms with Crippen molar-refractivity contribution in [2.45, 2.75) is 39.6 Å². The van der Waals surface area contributed by atoms with E-state index in [2.05, 4.69) is 34.5 Å². The average molecular weight is 342 g/mol. The standard InChI is InChI=1S/C18H22N4OS/c1-14(11-22-9-3-8-20-22)19-10-16-4-6-18(7-5-16)23-12-17-13-24-15(2)21-17/h3-9,13-14,19H,10-12H2,1-2H3/t14-/m0/s1. The minimum absolute atomic E-state index is 0.355. The number of aromatic nitrogens is 3. The fraction of sp³-hybridized carbons (Fsp3) is 0.333. The molecule has 1 atom stereocenters. The third kappa shape index (κ3) is 4.91. The first kappa shape index (κ1) is 16.7. The summed E-state index contributed by atoms with van der Waals surface area (Å²) in [7, 11) is 0. The molecule has 6 heteroatoms. The Morgan fingerprint density at radius 1 is 1.29 bits per heavy atom. The topological polar surface area (TPSA) is 52.0 Å². The maximum atomic E-state index is 5.77. The highest BCUT2D eigenvalue weighted by Gasteiger charge is 2.04. The van der Waals surface area contributed by atoms with E-state index in [1.807, 2.05) is 41.4 Å². The number of thiazole rings is 1. The first-order valence-corrected chi connectivity index (χ1v) is 8.90. The number of hydrogen-bond donors (Lipinski definition) is 1. The second-order valence-corrected chi connectivity index (χ2v) is 6.86. The van der Waals surface area contributed by atoms with Gasteiger partial charge in [-0.2, -0.15) is 5.10 Å². The minimum Gasteiger partial charge on any atom is -0.487 e. The van der Waals surface area contributed by atoms with Crippen LogP contribution in [0.25, 0.3) is 0 Å². The number of benzene rings is 1. The SMILES string of the molecule is Cc1nc(COc2ccc(CN[C@@H](C)Cn3cccn3)cc2)cs1. The van der Waals surface area contributed by atoms with Crippen LogP contribution in [0.1, 0.15) is 23.2 Å². The predicted molar refractivity (Wildman–Crippen MR) is 96.2 cm³/mol. The van der Waals surface area contributed by atoms with Gasteiger partial charge in [0, 0.05) is 30.4 Å². The molecular formula is C18H22N4OS. The summed E-state index contributed by atoms with van der Waals surface area (Å²) >= 11 is 1.65. The van der Waals surface area contributed by atoms with E-state index in [4.69, 9.17) is 4.74 Å². The molecule has 126 valence electrons. The van der Waals surface area contributed by atoms with E-state index >= 15 is 0 Å². The molecule has 0 unspecified atom stereocenters. The molecule has 1 aromatic carbocycles. The third-order valence-electron chi connectivity index (χ3n) is 3.65. The normalized spacial score (nSPS) is 12.2. The van der Waals surface area contributed by atoms with Crippen LogP contribution >= 0.6 is 11.3 Å². The molecule has 0 aliphatic carbocycles. The molecule has 0 saturated heterocycles. The van der Waals surface area contributed by atoms with E-state index in [9.17, 15) is 0 Å². The predicted octanol–water partition coefficient (Wildman–Crippen LogP) is 3.41. The second-order valence-electron chi connectivity index (χ2n) is 5.80. The minimum atomic E-state index is 0.355. The smallest absolute Gasteiger partial charge is 0.131 e. The van der Waals surface area contributed by atoms with Crippen molar-refractivity contribution in [3.63, 3.8) is 0 Å². The van der Waals surface area contributed by atoms with Gasteiger partial charge in [0.25, 0.3) is 0 Å². The van der Waals surface area contributed by atoms with Gasteiger partial charge in [-0.1, -0.05) is 12.1 Å². The highest BCUT2D eigenvalue weighted by atomic mass is 32.1. The largest absolute Gasteiger partial charge is 0.487 e. The molecule has 0 amide bonds. The fourth-order valence-electron chi connectivity index (χ4n) is 2.38. The molecule has 0 fully saturated rings. The summed E-state index contributed by atoms with van der Waals surface area (Å²) in [6.07, 6.45) is 3.78. The van der Waals surface area contributed by atoms with E-state index in [-0.39, 0.29) is 0 Å². The van der Waals surface area contributed by atoms with Crippen molar-refractivity contribution in [1.29, 1.82) is 0 Å². The molecule has 0 bridgehead atoms. The van der Waals surface area contributed by atoms with Crippen LogP contribution in [0.4, 0.5) is 0 Å². The molecular weight excluding hydrogens is 320 g/mol. The molecule has 1 N–H and O–H groups in total. The lowest BCUT2D eigenvalue weighted by atomic mass is 10.2. The van der Waals surface area contributed by atoms with Crippen LogP contribution in [0.3, 0.4) is 0 Å². The number of nitrogens with zero attached hydrogens (tertiary/aromatic N) is 3. The summed E-state index contributed by atoms with van der Waals surface area (Å²) in [6, 6.07) is 10.5. The highest BCUT2D eigenvalue weighted by molar-refractivity contribution is 7.09. The van der Waals surface area contributed by atoms with Gasteiger partial charge in [0.05, 0.1) is 17.2 Å². The lowest BCUT2D eigenvalue weighted by molar-refractivity contribution is 0.302. The molecule has 2 aromatic heterocycles. The zero-order chi connectivity index (χ0) is 16.8. The highest BCUT2D eigenvalue weighted by Crippen LogP contribution is 2.15. The van der Waals surface area contributed by atoms with Gasteiger partial charge in [0.15, 0.2) is 0 Å². The van der Waals surface area contributed by atoms with Gasteiger partial charge in [-0.15, -0.1) is 11.3 Å². The molecule has 2 heterocycles. The first-order valence-electron chi connectivity index (χ1n) is 8.02. The van der Waals surface area contributed by atoms with Gasteiger partial charge in [0.1, 0.15) is 12.4 Å². The van der Waals surface area contributed by atoms with Crippen molar-refractivity contribution in [3.05, 3.63) is 64.4 Å². The molecule has 5 nitrogen and oxygen atoms in total. The van der Waals surface area contributed by atoms with Gasteiger partial charge in [0.2, 0.25) is 0 Å². The zero-order valence-corrected chi connectivity index (χ0v) is 14.8. The lowest BCUT2D eigenvalue weighted by Gasteiger charge is -2.14. The lowest BCUT2D eigenvalue weighted by Crippen LogP contribution is -2.30. The Hall–Kier alpha value is -2.18. The zero-order valence-electron chi connectivity index (χ0n) is 14.0. The van der Waals surface area contributed by atoms with E-state index in [1.165, 1.54) is 5.56 Å². The molecule has 3 aromatic rings. The Kier molecular flexibility index (Phi) is 5.61. The van der Waals surface area contributed by atoms with Crippen LogP contribution in [-0.4, -0.2) is 20.8 Å². The summed E-state index contributed by atoms with van der Waals surface area (Å²) in [5, 5.41) is 10.8. The molecule has 0 saturated carbocycles. The maximum absolute atomic E-state index is 5.77. The van der Waals surface area contributed by atoms with E-state index in [0.717, 1.165) is 29.5 Å². The molecule has 0 aliphatic rings. The number of aryl methyl sites for hydroxylation is 1. The summed E-state index contributed by atoms with van der Waals surface area (Å²) in [6.45, 7) is 6.37. The number of nitrogens with one attached hydrogen (secondary N) is 1. The van der Waals surface area contributed by atoms with Crippen molar-refractivity contribution in [2.75, 3.05) is 0 Å². The Morgan fingerprint density at radius 2 is 2.12 bits per heavy atom. The quantitative estimate of drug-likeness (QED) is 0.682. The Balaban J connectivity index is 1.44. The Labute approximate surface area is 146 Å². The van der Waals surface area contributed by atoms with Crippen molar-refractivity contribution < 1.29 is 4.74 Å². The van der Waals surface area contributed by atoms with E-state index in [1.54, 1.807) is 17.5 Å². The second kappa shape index (κ2) is 8.08. The van der Waals surface area contributed by atoms with Crippen molar-refractivity contribution in [2.24, 2.45) is 0 Å². The summed E-state index contributed by atoms with van der Waals surface area (Å²) in [5.41, 5.74) is 2.22. The van der Waals surface area contributed by atoms with Crippen LogP contribution in [0.2, 0.25) is 0 Å². The van der Waals surface area contributed by atoms with Crippen LogP contribution in [0.5, 0.6) is 5.75 Å². The average Bonchev–Trinajstić information content (AvgIpc) is 3.24. The van der Waals surface area contributed by atoms with E-state index in [0.29, 0.717) is 12.6 Å². The third-order valence-corrected chi connectivity index (χ3v) is 4.47. The Morgan fingerprint density at radius 3 is 2.79 bits per heavy atom. The molecule has 0 aliphatic heterocycles. The number of rotatable bonds is 8. The molecule has 24 heavy (non-hydrogen) atoms. The summed E-state index contributed by atoms with van der Waals surface area (Å²) in [4.78, 5) is 4.40. The van der Waals surface area contributed by atoms with Gasteiger partial charge >= 0.3 is 0 Å². The van der Waals surface area contributed by atoms with E-state index < -0.39 is 0 Å².